The Balaban J connectivity index is 3.04. The fraction of sp³-hybridized carbons (Fsp3) is 0.364. The van der Waals surface area contributed by atoms with Gasteiger partial charge in [-0.25, -0.2) is 0 Å². The van der Waals surface area contributed by atoms with Crippen LogP contribution in [0, 0.1) is 11.3 Å². The number of aliphatic hydroxyl groups excluding tert-OH is 2. The van der Waals surface area contributed by atoms with Gasteiger partial charge in [-0.2, -0.15) is 5.26 Å². The second kappa shape index (κ2) is 5.85. The first-order valence-electron chi connectivity index (χ1n) is 4.64. The van der Waals surface area contributed by atoms with Crippen LogP contribution >= 0.6 is 15.9 Å². The monoisotopic (exact) mass is 285 g/mol. The number of benzene rings is 1. The van der Waals surface area contributed by atoms with Crippen molar-refractivity contribution >= 4 is 15.9 Å². The molecule has 86 valence electrons. The highest BCUT2D eigenvalue weighted by molar-refractivity contribution is 9.09. The third kappa shape index (κ3) is 2.73. The van der Waals surface area contributed by atoms with Crippen LogP contribution in [0.2, 0.25) is 0 Å². The minimum Gasteiger partial charge on any atom is -0.495 e. The summed E-state index contributed by atoms with van der Waals surface area (Å²) >= 11 is 3.08. The fourth-order valence-corrected chi connectivity index (χ4v) is 1.66. The molecule has 0 saturated heterocycles. The Kier molecular flexibility index (Phi) is 4.74. The topological polar surface area (TPSA) is 73.5 Å². The molecule has 4 nitrogen and oxygen atoms in total. The molecule has 0 heterocycles. The molecule has 1 aromatic rings. The minimum atomic E-state index is -1.02. The van der Waals surface area contributed by atoms with Crippen LogP contribution in [0.4, 0.5) is 0 Å². The van der Waals surface area contributed by atoms with Gasteiger partial charge in [-0.15, -0.1) is 0 Å². The average Bonchev–Trinajstić information content (AvgIpc) is 2.35. The van der Waals surface area contributed by atoms with Gasteiger partial charge in [0, 0.05) is 5.33 Å². The van der Waals surface area contributed by atoms with Crippen LogP contribution in [-0.2, 0) is 0 Å². The predicted octanol–water partition coefficient (Wildman–Crippen LogP) is 1.36. The zero-order chi connectivity index (χ0) is 12.1. The van der Waals surface area contributed by atoms with E-state index in [0.29, 0.717) is 16.9 Å². The Morgan fingerprint density at radius 1 is 1.50 bits per heavy atom. The Labute approximate surface area is 102 Å². The van der Waals surface area contributed by atoms with Crippen molar-refractivity contribution in [3.05, 3.63) is 29.3 Å². The number of halogens is 1. The number of ether oxygens (including phenoxy) is 1. The van der Waals surface area contributed by atoms with E-state index in [1.54, 1.807) is 12.1 Å². The van der Waals surface area contributed by atoms with Crippen LogP contribution in [0.1, 0.15) is 17.2 Å². The van der Waals surface area contributed by atoms with E-state index in [2.05, 4.69) is 15.9 Å². The summed E-state index contributed by atoms with van der Waals surface area (Å²) < 4.78 is 4.98. The maximum Gasteiger partial charge on any atom is 0.136 e. The molecule has 0 spiro atoms. The smallest absolute Gasteiger partial charge is 0.136 e. The molecule has 1 rings (SSSR count). The molecular weight excluding hydrogens is 274 g/mol. The zero-order valence-electron chi connectivity index (χ0n) is 8.72. The minimum absolute atomic E-state index is 0.266. The summed E-state index contributed by atoms with van der Waals surface area (Å²) in [6.07, 6.45) is -1.92. The van der Waals surface area contributed by atoms with Gasteiger partial charge in [-0.05, 0) is 17.7 Å². The third-order valence-electron chi connectivity index (χ3n) is 2.21. The van der Waals surface area contributed by atoms with E-state index in [1.807, 2.05) is 6.07 Å². The van der Waals surface area contributed by atoms with Gasteiger partial charge in [-0.1, -0.05) is 22.0 Å². The molecule has 0 amide bonds. The Hall–Kier alpha value is -1.09. The van der Waals surface area contributed by atoms with E-state index in [9.17, 15) is 10.2 Å². The van der Waals surface area contributed by atoms with Crippen molar-refractivity contribution in [2.75, 3.05) is 12.4 Å². The molecule has 0 saturated carbocycles. The van der Waals surface area contributed by atoms with Crippen LogP contribution in [-0.4, -0.2) is 28.8 Å². The molecule has 16 heavy (non-hydrogen) atoms. The van der Waals surface area contributed by atoms with E-state index >= 15 is 0 Å². The van der Waals surface area contributed by atoms with Crippen molar-refractivity contribution in [1.29, 1.82) is 5.26 Å². The SMILES string of the molecule is COc1ccc(C(O)C(O)CBr)cc1C#N. The first-order chi connectivity index (χ1) is 7.63. The lowest BCUT2D eigenvalue weighted by molar-refractivity contribution is 0.0342. The maximum atomic E-state index is 9.74. The number of hydrogen-bond donors (Lipinski definition) is 2. The van der Waals surface area contributed by atoms with Crippen LogP contribution in [0.25, 0.3) is 0 Å². The molecule has 2 N–H and O–H groups in total. The van der Waals surface area contributed by atoms with Crippen LogP contribution in [0.5, 0.6) is 5.75 Å². The largest absolute Gasteiger partial charge is 0.495 e. The van der Waals surface area contributed by atoms with Gasteiger partial charge in [0.2, 0.25) is 0 Å². The molecule has 2 atom stereocenters. The molecule has 2 unspecified atom stereocenters. The second-order valence-electron chi connectivity index (χ2n) is 3.24. The molecule has 0 radical (unpaired) electrons. The summed E-state index contributed by atoms with van der Waals surface area (Å²) in [6.45, 7) is 0. The lowest BCUT2D eigenvalue weighted by atomic mass is 10.0. The van der Waals surface area contributed by atoms with E-state index < -0.39 is 12.2 Å². The maximum absolute atomic E-state index is 9.74. The summed E-state index contributed by atoms with van der Waals surface area (Å²) in [6, 6.07) is 6.70. The summed E-state index contributed by atoms with van der Waals surface area (Å²) in [7, 11) is 1.47. The van der Waals surface area contributed by atoms with Crippen LogP contribution < -0.4 is 4.74 Å². The van der Waals surface area contributed by atoms with Crippen molar-refractivity contribution in [3.8, 4) is 11.8 Å². The third-order valence-corrected chi connectivity index (χ3v) is 2.87. The molecule has 0 aliphatic rings. The van der Waals surface area contributed by atoms with Crippen molar-refractivity contribution < 1.29 is 14.9 Å². The van der Waals surface area contributed by atoms with Crippen molar-refractivity contribution in [2.24, 2.45) is 0 Å². The van der Waals surface area contributed by atoms with Gasteiger partial charge in [0.25, 0.3) is 0 Å². The number of alkyl halides is 1. The van der Waals surface area contributed by atoms with Crippen LogP contribution in [0.15, 0.2) is 18.2 Å². The molecular formula is C11H12BrNO3. The molecule has 0 fully saturated rings. The van der Waals surface area contributed by atoms with E-state index in [-0.39, 0.29) is 5.33 Å². The number of hydrogen-bond acceptors (Lipinski definition) is 4. The lowest BCUT2D eigenvalue weighted by Gasteiger charge is -2.16. The molecule has 0 bridgehead atoms. The molecule has 0 aromatic heterocycles. The Morgan fingerprint density at radius 3 is 2.69 bits per heavy atom. The van der Waals surface area contributed by atoms with E-state index in [0.717, 1.165) is 0 Å². The fourth-order valence-electron chi connectivity index (χ4n) is 1.30. The van der Waals surface area contributed by atoms with Crippen LogP contribution in [0.3, 0.4) is 0 Å². The normalized spacial score (nSPS) is 13.9. The first kappa shape index (κ1) is 13.0. The number of aliphatic hydroxyl groups is 2. The Bertz CT molecular complexity index is 403. The van der Waals surface area contributed by atoms with Gasteiger partial charge in [0.15, 0.2) is 0 Å². The average molecular weight is 286 g/mol. The van der Waals surface area contributed by atoms with E-state index in [1.165, 1.54) is 13.2 Å². The van der Waals surface area contributed by atoms with Crippen molar-refractivity contribution in [2.45, 2.75) is 12.2 Å². The van der Waals surface area contributed by atoms with Crippen molar-refractivity contribution in [3.63, 3.8) is 0 Å². The molecule has 5 heteroatoms. The number of rotatable bonds is 4. The number of nitriles is 1. The summed E-state index contributed by atoms with van der Waals surface area (Å²) in [5, 5.41) is 28.3. The van der Waals surface area contributed by atoms with E-state index in [4.69, 9.17) is 10.00 Å². The quantitative estimate of drug-likeness (QED) is 0.820. The van der Waals surface area contributed by atoms with Gasteiger partial charge in [-0.3, -0.25) is 0 Å². The summed E-state index contributed by atoms with van der Waals surface area (Å²) in [4.78, 5) is 0. The predicted molar refractivity (Wildman–Crippen MR) is 62.5 cm³/mol. The Morgan fingerprint density at radius 2 is 2.19 bits per heavy atom. The zero-order valence-corrected chi connectivity index (χ0v) is 10.3. The summed E-state index contributed by atoms with van der Waals surface area (Å²) in [5.41, 5.74) is 0.824. The highest BCUT2D eigenvalue weighted by Crippen LogP contribution is 2.24. The lowest BCUT2D eigenvalue weighted by Crippen LogP contribution is -2.19. The second-order valence-corrected chi connectivity index (χ2v) is 3.89. The van der Waals surface area contributed by atoms with Gasteiger partial charge >= 0.3 is 0 Å². The summed E-state index contributed by atoms with van der Waals surface area (Å²) in [5.74, 6) is 0.451. The van der Waals surface area contributed by atoms with Gasteiger partial charge in [0.05, 0.1) is 18.8 Å². The standard InChI is InChI=1S/C11H12BrNO3/c1-16-10-3-2-7(4-8(10)6-13)11(15)9(14)5-12/h2-4,9,11,14-15H,5H2,1H3. The molecule has 0 aliphatic carbocycles. The molecule has 0 aliphatic heterocycles. The molecule has 1 aromatic carbocycles. The number of methoxy groups -OCH3 is 1. The van der Waals surface area contributed by atoms with Crippen molar-refractivity contribution in [1.82, 2.24) is 0 Å². The number of nitrogens with zero attached hydrogens (tertiary/aromatic N) is 1. The highest BCUT2D eigenvalue weighted by atomic mass is 79.9. The van der Waals surface area contributed by atoms with Gasteiger partial charge in [0.1, 0.15) is 17.9 Å². The highest BCUT2D eigenvalue weighted by Gasteiger charge is 2.18. The first-order valence-corrected chi connectivity index (χ1v) is 5.76. The van der Waals surface area contributed by atoms with Gasteiger partial charge < -0.3 is 14.9 Å².